The molecule has 0 aromatic heterocycles. The van der Waals surface area contributed by atoms with Crippen molar-refractivity contribution in [2.45, 2.75) is 490 Å². The van der Waals surface area contributed by atoms with E-state index in [9.17, 15) is 43.2 Å². The highest BCUT2D eigenvalue weighted by atomic mass is 31.2. The Bertz CT molecular complexity index is 2050. The zero-order valence-electron chi connectivity index (χ0n) is 70.5. The van der Waals surface area contributed by atoms with Crippen LogP contribution >= 0.6 is 15.6 Å². The van der Waals surface area contributed by atoms with Crippen molar-refractivity contribution in [3.8, 4) is 0 Å². The Morgan fingerprint density at radius 1 is 0.271 bits per heavy atom. The number of aliphatic hydroxyl groups is 1. The fourth-order valence-corrected chi connectivity index (χ4v) is 15.3. The Kier molecular flexibility index (Phi) is 77.9. The average molecular weight is 1560 g/mol. The van der Waals surface area contributed by atoms with Crippen LogP contribution in [0.4, 0.5) is 0 Å². The molecule has 6 atom stereocenters. The molecule has 0 aliphatic heterocycles. The van der Waals surface area contributed by atoms with Crippen molar-refractivity contribution in [3.05, 3.63) is 0 Å². The molecular formula is C88H172O17P2. The normalized spacial score (nSPS) is 14.0. The zero-order valence-corrected chi connectivity index (χ0v) is 72.2. The van der Waals surface area contributed by atoms with E-state index in [1.54, 1.807) is 0 Å². The lowest BCUT2D eigenvalue weighted by atomic mass is 9.99. The van der Waals surface area contributed by atoms with E-state index in [-0.39, 0.29) is 25.7 Å². The lowest BCUT2D eigenvalue weighted by Crippen LogP contribution is -2.30. The van der Waals surface area contributed by atoms with Gasteiger partial charge in [0.15, 0.2) is 12.2 Å². The highest BCUT2D eigenvalue weighted by Gasteiger charge is 2.31. The summed E-state index contributed by atoms with van der Waals surface area (Å²) in [4.78, 5) is 73.3. The predicted octanol–water partition coefficient (Wildman–Crippen LogP) is 27.0. The van der Waals surface area contributed by atoms with Crippen molar-refractivity contribution >= 4 is 39.5 Å². The van der Waals surface area contributed by atoms with Gasteiger partial charge >= 0.3 is 39.5 Å². The lowest BCUT2D eigenvalue weighted by Gasteiger charge is -2.21. The number of unbranched alkanes of at least 4 members (excludes halogenated alkanes) is 56. The Labute approximate surface area is 658 Å². The first kappa shape index (κ1) is 105. The summed E-state index contributed by atoms with van der Waals surface area (Å²) < 4.78 is 69.0. The molecule has 0 aliphatic rings. The molecule has 0 aromatic rings. The van der Waals surface area contributed by atoms with Crippen LogP contribution in [0.3, 0.4) is 0 Å². The highest BCUT2D eigenvalue weighted by Crippen LogP contribution is 2.45. The topological polar surface area (TPSA) is 237 Å². The second-order valence-electron chi connectivity index (χ2n) is 32.4. The monoisotopic (exact) mass is 1560 g/mol. The maximum absolute atomic E-state index is 13.2. The molecule has 0 fully saturated rings. The summed E-state index contributed by atoms with van der Waals surface area (Å²) in [6, 6.07) is 0. The summed E-state index contributed by atoms with van der Waals surface area (Å²) in [5.74, 6) is -0.413. The van der Waals surface area contributed by atoms with E-state index in [2.05, 4.69) is 41.5 Å². The Morgan fingerprint density at radius 3 is 0.710 bits per heavy atom. The van der Waals surface area contributed by atoms with Crippen LogP contribution in [-0.2, 0) is 65.4 Å². The van der Waals surface area contributed by atoms with Gasteiger partial charge in [0, 0.05) is 25.7 Å². The molecule has 636 valence electrons. The van der Waals surface area contributed by atoms with Gasteiger partial charge in [0.2, 0.25) is 0 Å². The predicted molar refractivity (Wildman–Crippen MR) is 442 cm³/mol. The molecule has 0 rings (SSSR count). The van der Waals surface area contributed by atoms with Crippen molar-refractivity contribution in [2.75, 3.05) is 39.6 Å². The van der Waals surface area contributed by atoms with E-state index in [0.29, 0.717) is 25.7 Å². The van der Waals surface area contributed by atoms with E-state index in [1.165, 1.54) is 289 Å². The zero-order chi connectivity index (χ0) is 78.5. The van der Waals surface area contributed by atoms with Crippen molar-refractivity contribution in [1.29, 1.82) is 0 Å². The molecule has 0 saturated carbocycles. The van der Waals surface area contributed by atoms with Crippen LogP contribution < -0.4 is 0 Å². The fraction of sp³-hybridized carbons (Fsp3) is 0.955. The Balaban J connectivity index is 5.24. The second-order valence-corrected chi connectivity index (χ2v) is 35.3. The molecule has 3 N–H and O–H groups in total. The quantitative estimate of drug-likeness (QED) is 0.0222. The molecule has 0 amide bonds. The number of phosphoric ester groups is 2. The summed E-state index contributed by atoms with van der Waals surface area (Å²) in [6.07, 6.45) is 72.1. The Morgan fingerprint density at radius 2 is 0.477 bits per heavy atom. The van der Waals surface area contributed by atoms with Crippen LogP contribution in [0.25, 0.3) is 0 Å². The summed E-state index contributed by atoms with van der Waals surface area (Å²) >= 11 is 0. The van der Waals surface area contributed by atoms with Crippen LogP contribution in [0.15, 0.2) is 0 Å². The smallest absolute Gasteiger partial charge is 0.462 e. The molecular weight excluding hydrogens is 1390 g/mol. The van der Waals surface area contributed by atoms with Gasteiger partial charge in [-0.2, -0.15) is 0 Å². The van der Waals surface area contributed by atoms with Crippen LogP contribution in [0.5, 0.6) is 0 Å². The number of aliphatic hydroxyl groups excluding tert-OH is 1. The molecule has 0 radical (unpaired) electrons. The number of carbonyl (C=O) groups excluding carboxylic acids is 4. The first-order valence-electron chi connectivity index (χ1n) is 45.5. The van der Waals surface area contributed by atoms with Crippen LogP contribution in [0.1, 0.15) is 472 Å². The maximum atomic E-state index is 13.2. The van der Waals surface area contributed by atoms with Crippen molar-refractivity contribution in [1.82, 2.24) is 0 Å². The summed E-state index contributed by atoms with van der Waals surface area (Å²) in [7, 11) is -9.93. The van der Waals surface area contributed by atoms with E-state index < -0.39 is 97.5 Å². The standard InChI is InChI=1S/C88H172O17P2/c1-7-10-12-14-16-18-20-32-40-46-52-58-64-70-85(90)98-76-83(104-87(92)72-66-60-54-48-42-33-21-19-17-15-13-11-8-2)78-102-106(94,95)100-74-82(89)75-101-107(96,97)103-79-84(77-99-86(91)71-65-59-53-47-41-36-30-27-26-28-34-38-44-50-56-62-68-80(4)5)105-88(93)73-67-61-55-49-43-37-31-25-23-22-24-29-35-39-45-51-57-63-69-81(6)9-3/h80-84,89H,7-79H2,1-6H3,(H,94,95)(H,96,97)/t81?,82-,83+,84+/m0/s1. The van der Waals surface area contributed by atoms with Crippen LogP contribution in [0, 0.1) is 11.8 Å². The number of phosphoric acid groups is 2. The molecule has 0 heterocycles. The number of hydrogen-bond donors (Lipinski definition) is 3. The van der Waals surface area contributed by atoms with Gasteiger partial charge in [-0.3, -0.25) is 37.3 Å². The van der Waals surface area contributed by atoms with Gasteiger partial charge in [-0.05, 0) is 37.5 Å². The SMILES string of the molecule is CCCCCCCCCCCCCCCC(=O)OC[C@H](COP(=O)(O)OC[C@H](O)COP(=O)(O)OC[C@@H](COC(=O)CCCCCCCCCCCCCCCCCCC(C)C)OC(=O)CCCCCCCCCCCCCCCCCCCCC(C)CC)OC(=O)CCCCCCCCCCCCCCC. The Hall–Kier alpha value is -1.94. The van der Waals surface area contributed by atoms with E-state index >= 15 is 0 Å². The fourth-order valence-electron chi connectivity index (χ4n) is 13.7. The van der Waals surface area contributed by atoms with Gasteiger partial charge in [0.1, 0.15) is 19.3 Å². The van der Waals surface area contributed by atoms with Crippen molar-refractivity contribution in [3.63, 3.8) is 0 Å². The molecule has 107 heavy (non-hydrogen) atoms. The number of rotatable bonds is 87. The molecule has 0 aliphatic carbocycles. The molecule has 17 nitrogen and oxygen atoms in total. The third kappa shape index (κ3) is 80.5. The summed E-state index contributed by atoms with van der Waals surface area (Å²) in [5, 5.41) is 10.7. The minimum absolute atomic E-state index is 0.108. The largest absolute Gasteiger partial charge is 0.472 e. The van der Waals surface area contributed by atoms with E-state index in [0.717, 1.165) is 102 Å². The highest BCUT2D eigenvalue weighted by molar-refractivity contribution is 7.47. The average Bonchev–Trinajstić information content (AvgIpc) is 0.894. The van der Waals surface area contributed by atoms with Crippen molar-refractivity contribution in [2.24, 2.45) is 11.8 Å². The van der Waals surface area contributed by atoms with Crippen LogP contribution in [0.2, 0.25) is 0 Å². The number of carbonyl (C=O) groups is 4. The number of ether oxygens (including phenoxy) is 4. The van der Waals surface area contributed by atoms with E-state index in [4.69, 9.17) is 37.0 Å². The van der Waals surface area contributed by atoms with Gasteiger partial charge < -0.3 is 33.8 Å². The molecule has 0 saturated heterocycles. The minimum atomic E-state index is -4.97. The molecule has 0 bridgehead atoms. The number of hydrogen-bond acceptors (Lipinski definition) is 15. The maximum Gasteiger partial charge on any atom is 0.472 e. The van der Waals surface area contributed by atoms with Gasteiger partial charge in [-0.25, -0.2) is 9.13 Å². The third-order valence-electron chi connectivity index (χ3n) is 21.1. The second kappa shape index (κ2) is 79.3. The van der Waals surface area contributed by atoms with Crippen molar-refractivity contribution < 1.29 is 80.2 Å². The van der Waals surface area contributed by atoms with Crippen LogP contribution in [-0.4, -0.2) is 96.7 Å². The van der Waals surface area contributed by atoms with Gasteiger partial charge in [0.05, 0.1) is 26.4 Å². The first-order valence-corrected chi connectivity index (χ1v) is 48.5. The van der Waals surface area contributed by atoms with Gasteiger partial charge in [-0.1, -0.05) is 420 Å². The summed E-state index contributed by atoms with van der Waals surface area (Å²) in [6.45, 7) is 9.79. The molecule has 0 spiro atoms. The third-order valence-corrected chi connectivity index (χ3v) is 23.0. The summed E-state index contributed by atoms with van der Waals surface area (Å²) in [5.41, 5.74) is 0. The minimum Gasteiger partial charge on any atom is -0.462 e. The van der Waals surface area contributed by atoms with Gasteiger partial charge in [-0.15, -0.1) is 0 Å². The van der Waals surface area contributed by atoms with Gasteiger partial charge in [0.25, 0.3) is 0 Å². The first-order chi connectivity index (χ1) is 51.9. The lowest BCUT2D eigenvalue weighted by molar-refractivity contribution is -0.161. The molecule has 3 unspecified atom stereocenters. The molecule has 19 heteroatoms. The number of esters is 4. The van der Waals surface area contributed by atoms with E-state index in [1.807, 2.05) is 0 Å². The molecule has 0 aromatic carbocycles.